The van der Waals surface area contributed by atoms with Crippen molar-refractivity contribution in [2.45, 2.75) is 13.8 Å². The number of ether oxygens (including phenoxy) is 1. The van der Waals surface area contributed by atoms with Crippen molar-refractivity contribution in [1.82, 2.24) is 9.97 Å². The third-order valence-corrected chi connectivity index (χ3v) is 3.37. The highest BCUT2D eigenvalue weighted by Gasteiger charge is 2.02. The lowest BCUT2D eigenvalue weighted by Crippen LogP contribution is -2.00. The van der Waals surface area contributed by atoms with Crippen molar-refractivity contribution in [2.75, 3.05) is 17.2 Å². The van der Waals surface area contributed by atoms with E-state index >= 15 is 0 Å². The van der Waals surface area contributed by atoms with Gasteiger partial charge in [0.2, 0.25) is 5.95 Å². The number of hydrogen-bond acceptors (Lipinski definition) is 5. The minimum absolute atomic E-state index is 0.552. The number of aryl methyl sites for hydroxylation is 1. The molecule has 24 heavy (non-hydrogen) atoms. The molecule has 0 bridgehead atoms. The smallest absolute Gasteiger partial charge is 0.229 e. The van der Waals surface area contributed by atoms with E-state index in [2.05, 4.69) is 39.7 Å². The Hall–Kier alpha value is -3.08. The predicted molar refractivity (Wildman–Crippen MR) is 97.4 cm³/mol. The van der Waals surface area contributed by atoms with Crippen LogP contribution in [-0.4, -0.2) is 16.6 Å². The van der Waals surface area contributed by atoms with Crippen LogP contribution in [0.5, 0.6) is 5.75 Å². The number of nitrogens with zero attached hydrogens (tertiary/aromatic N) is 2. The summed E-state index contributed by atoms with van der Waals surface area (Å²) in [6, 6.07) is 17.7. The first-order chi connectivity index (χ1) is 11.7. The fraction of sp³-hybridized carbons (Fsp3) is 0.158. The van der Waals surface area contributed by atoms with Crippen LogP contribution in [0.3, 0.4) is 0 Å². The maximum atomic E-state index is 5.44. The van der Waals surface area contributed by atoms with Gasteiger partial charge >= 0.3 is 0 Å². The fourth-order valence-corrected chi connectivity index (χ4v) is 2.29. The largest absolute Gasteiger partial charge is 0.494 e. The van der Waals surface area contributed by atoms with Gasteiger partial charge in [-0.1, -0.05) is 12.1 Å². The van der Waals surface area contributed by atoms with Crippen molar-refractivity contribution in [3.05, 3.63) is 66.4 Å². The lowest BCUT2D eigenvalue weighted by atomic mass is 10.2. The third kappa shape index (κ3) is 4.23. The number of hydrogen-bond donors (Lipinski definition) is 2. The SMILES string of the molecule is CCOc1ccc(Nc2ccnc(Nc3cccc(C)c3)n2)cc1. The molecule has 0 fully saturated rings. The molecule has 122 valence electrons. The quantitative estimate of drug-likeness (QED) is 0.691. The van der Waals surface area contributed by atoms with Gasteiger partial charge in [0.05, 0.1) is 6.61 Å². The molecule has 3 aromatic rings. The molecule has 0 spiro atoms. The van der Waals surface area contributed by atoms with Gasteiger partial charge in [0.15, 0.2) is 0 Å². The lowest BCUT2D eigenvalue weighted by molar-refractivity contribution is 0.340. The molecule has 3 rings (SSSR count). The average molecular weight is 320 g/mol. The summed E-state index contributed by atoms with van der Waals surface area (Å²) in [4.78, 5) is 8.75. The molecule has 0 radical (unpaired) electrons. The van der Waals surface area contributed by atoms with Crippen LogP contribution in [-0.2, 0) is 0 Å². The van der Waals surface area contributed by atoms with Crippen LogP contribution in [0.25, 0.3) is 0 Å². The first-order valence-corrected chi connectivity index (χ1v) is 7.89. The minimum Gasteiger partial charge on any atom is -0.494 e. The minimum atomic E-state index is 0.552. The number of aromatic nitrogens is 2. The van der Waals surface area contributed by atoms with Crippen molar-refractivity contribution < 1.29 is 4.74 Å². The Morgan fingerprint density at radius 3 is 2.54 bits per heavy atom. The number of rotatable bonds is 6. The Morgan fingerprint density at radius 1 is 0.958 bits per heavy atom. The van der Waals surface area contributed by atoms with E-state index in [4.69, 9.17) is 4.74 Å². The van der Waals surface area contributed by atoms with Crippen molar-refractivity contribution in [3.8, 4) is 5.75 Å². The molecule has 2 aromatic carbocycles. The van der Waals surface area contributed by atoms with Crippen LogP contribution < -0.4 is 15.4 Å². The summed E-state index contributed by atoms with van der Waals surface area (Å²) >= 11 is 0. The maximum Gasteiger partial charge on any atom is 0.229 e. The van der Waals surface area contributed by atoms with E-state index in [-0.39, 0.29) is 0 Å². The van der Waals surface area contributed by atoms with E-state index in [9.17, 15) is 0 Å². The van der Waals surface area contributed by atoms with Gasteiger partial charge in [-0.3, -0.25) is 0 Å². The highest BCUT2D eigenvalue weighted by atomic mass is 16.5. The monoisotopic (exact) mass is 320 g/mol. The molecule has 1 aromatic heterocycles. The van der Waals surface area contributed by atoms with Gasteiger partial charge in [0, 0.05) is 17.6 Å². The molecule has 0 aliphatic carbocycles. The van der Waals surface area contributed by atoms with Gasteiger partial charge in [0.1, 0.15) is 11.6 Å². The fourth-order valence-electron chi connectivity index (χ4n) is 2.29. The van der Waals surface area contributed by atoms with Crippen LogP contribution in [0.2, 0.25) is 0 Å². The molecule has 2 N–H and O–H groups in total. The Kier molecular flexibility index (Phi) is 4.91. The standard InChI is InChI=1S/C19H20N4O/c1-3-24-17-9-7-15(8-10-17)21-18-11-12-20-19(23-18)22-16-6-4-5-14(2)13-16/h4-13H,3H2,1-2H3,(H2,20,21,22,23). The van der Waals surface area contributed by atoms with Gasteiger partial charge in [0.25, 0.3) is 0 Å². The molecule has 0 saturated heterocycles. The Morgan fingerprint density at radius 2 is 1.79 bits per heavy atom. The molecular weight excluding hydrogens is 300 g/mol. The summed E-state index contributed by atoms with van der Waals surface area (Å²) in [6.45, 7) is 4.68. The van der Waals surface area contributed by atoms with Gasteiger partial charge < -0.3 is 15.4 Å². The van der Waals surface area contributed by atoms with Crippen molar-refractivity contribution in [1.29, 1.82) is 0 Å². The van der Waals surface area contributed by atoms with Crippen molar-refractivity contribution in [2.24, 2.45) is 0 Å². The van der Waals surface area contributed by atoms with Crippen LogP contribution in [0.15, 0.2) is 60.8 Å². The molecule has 0 aliphatic rings. The van der Waals surface area contributed by atoms with E-state index in [0.717, 1.165) is 22.9 Å². The zero-order valence-corrected chi connectivity index (χ0v) is 13.8. The van der Waals surface area contributed by atoms with Gasteiger partial charge in [-0.2, -0.15) is 4.98 Å². The molecule has 0 amide bonds. The van der Waals surface area contributed by atoms with E-state index < -0.39 is 0 Å². The number of anilines is 4. The molecule has 0 atom stereocenters. The average Bonchev–Trinajstić information content (AvgIpc) is 2.57. The highest BCUT2D eigenvalue weighted by molar-refractivity contribution is 5.60. The van der Waals surface area contributed by atoms with Crippen LogP contribution in [0.4, 0.5) is 23.1 Å². The van der Waals surface area contributed by atoms with Crippen molar-refractivity contribution in [3.63, 3.8) is 0 Å². The van der Waals surface area contributed by atoms with Crippen molar-refractivity contribution >= 4 is 23.1 Å². The van der Waals surface area contributed by atoms with E-state index in [0.29, 0.717) is 12.6 Å². The number of benzene rings is 2. The summed E-state index contributed by atoms with van der Waals surface area (Å²) in [5.41, 5.74) is 3.09. The zero-order chi connectivity index (χ0) is 16.8. The van der Waals surface area contributed by atoms with Gasteiger partial charge in [-0.15, -0.1) is 0 Å². The third-order valence-electron chi connectivity index (χ3n) is 3.37. The first-order valence-electron chi connectivity index (χ1n) is 7.89. The Labute approximate surface area is 141 Å². The first kappa shape index (κ1) is 15.8. The second-order valence-corrected chi connectivity index (χ2v) is 5.34. The lowest BCUT2D eigenvalue weighted by Gasteiger charge is -2.09. The van der Waals surface area contributed by atoms with Gasteiger partial charge in [-0.05, 0) is 61.9 Å². The molecule has 1 heterocycles. The summed E-state index contributed by atoms with van der Waals surface area (Å²) in [5.74, 6) is 2.13. The summed E-state index contributed by atoms with van der Waals surface area (Å²) in [7, 11) is 0. The van der Waals surface area contributed by atoms with E-state index in [1.165, 1.54) is 5.56 Å². The zero-order valence-electron chi connectivity index (χ0n) is 13.8. The highest BCUT2D eigenvalue weighted by Crippen LogP contribution is 2.20. The summed E-state index contributed by atoms with van der Waals surface area (Å²) < 4.78 is 5.44. The Balaban J connectivity index is 1.70. The Bertz CT molecular complexity index is 802. The second-order valence-electron chi connectivity index (χ2n) is 5.34. The van der Waals surface area contributed by atoms with Gasteiger partial charge in [-0.25, -0.2) is 4.98 Å². The molecule has 0 aliphatic heterocycles. The predicted octanol–water partition coefficient (Wildman–Crippen LogP) is 4.67. The normalized spacial score (nSPS) is 10.2. The molecule has 5 nitrogen and oxygen atoms in total. The molecule has 5 heteroatoms. The molecule has 0 saturated carbocycles. The number of nitrogens with one attached hydrogen (secondary N) is 2. The summed E-state index contributed by atoms with van der Waals surface area (Å²) in [5, 5.41) is 6.48. The topological polar surface area (TPSA) is 59.1 Å². The van der Waals surface area contributed by atoms with E-state index in [1.807, 2.05) is 49.4 Å². The van der Waals surface area contributed by atoms with E-state index in [1.54, 1.807) is 6.20 Å². The molecule has 0 unspecified atom stereocenters. The summed E-state index contributed by atoms with van der Waals surface area (Å²) in [6.07, 6.45) is 1.72. The second kappa shape index (κ2) is 7.46. The maximum absolute atomic E-state index is 5.44. The van der Waals surface area contributed by atoms with Crippen LogP contribution in [0.1, 0.15) is 12.5 Å². The van der Waals surface area contributed by atoms with Crippen LogP contribution >= 0.6 is 0 Å². The molecular formula is C19H20N4O. The van der Waals surface area contributed by atoms with Crippen LogP contribution in [0, 0.1) is 6.92 Å².